The van der Waals surface area contributed by atoms with E-state index in [2.05, 4.69) is 0 Å². The predicted octanol–water partition coefficient (Wildman–Crippen LogP) is 2.33. The van der Waals surface area contributed by atoms with Crippen molar-refractivity contribution >= 4 is 12.1 Å². The lowest BCUT2D eigenvalue weighted by Gasteiger charge is -2.26. The summed E-state index contributed by atoms with van der Waals surface area (Å²) in [6.45, 7) is 3.71. The smallest absolute Gasteiger partial charge is 0.411 e. The van der Waals surface area contributed by atoms with Gasteiger partial charge in [0.05, 0.1) is 12.6 Å². The van der Waals surface area contributed by atoms with Gasteiger partial charge in [0, 0.05) is 0 Å². The second-order valence-electron chi connectivity index (χ2n) is 4.50. The van der Waals surface area contributed by atoms with Crippen molar-refractivity contribution in [3.8, 4) is 0 Å². The molecule has 6 nitrogen and oxygen atoms in total. The van der Waals surface area contributed by atoms with Crippen LogP contribution in [0.3, 0.4) is 0 Å². The summed E-state index contributed by atoms with van der Waals surface area (Å²) in [7, 11) is 0. The lowest BCUT2D eigenvalue weighted by molar-refractivity contribution is -0.142. The Balaban J connectivity index is 2.27. The molecule has 0 radical (unpaired) electrons. The van der Waals surface area contributed by atoms with Crippen molar-refractivity contribution in [1.29, 1.82) is 0 Å². The second kappa shape index (κ2) is 5.34. The van der Waals surface area contributed by atoms with Gasteiger partial charge in [0.15, 0.2) is 0 Å². The van der Waals surface area contributed by atoms with Crippen LogP contribution in [0.5, 0.6) is 0 Å². The number of hydrogen-bond donors (Lipinski definition) is 1. The number of aryl methyl sites for hydroxylation is 1. The normalized spacial score (nSPS) is 22.5. The maximum Gasteiger partial charge on any atom is 0.411 e. The number of carbonyl (C=O) groups is 2. The molecule has 19 heavy (non-hydrogen) atoms. The van der Waals surface area contributed by atoms with Gasteiger partial charge in [-0.3, -0.25) is 4.90 Å². The van der Waals surface area contributed by atoms with Crippen LogP contribution in [0.2, 0.25) is 0 Å². The Morgan fingerprint density at radius 3 is 2.74 bits per heavy atom. The maximum atomic E-state index is 11.9. The zero-order valence-electron chi connectivity index (χ0n) is 11.0. The molecule has 1 saturated heterocycles. The molecule has 1 aromatic heterocycles. The van der Waals surface area contributed by atoms with E-state index in [0.29, 0.717) is 18.6 Å². The van der Waals surface area contributed by atoms with Gasteiger partial charge in [-0.25, -0.2) is 9.59 Å². The fourth-order valence-corrected chi connectivity index (χ4v) is 2.42. The summed E-state index contributed by atoms with van der Waals surface area (Å²) in [6.07, 6.45) is 0.354. The number of rotatable bonds is 3. The summed E-state index contributed by atoms with van der Waals surface area (Å²) in [5.41, 5.74) is 0. The highest BCUT2D eigenvalue weighted by atomic mass is 16.6. The van der Waals surface area contributed by atoms with Crippen LogP contribution in [0, 0.1) is 6.92 Å². The average molecular weight is 267 g/mol. The number of furan rings is 1. The van der Waals surface area contributed by atoms with Crippen LogP contribution in [-0.4, -0.2) is 34.7 Å². The number of carboxylic acid groups (broad SMARTS) is 1. The van der Waals surface area contributed by atoms with Crippen molar-refractivity contribution < 1.29 is 23.8 Å². The Morgan fingerprint density at radius 2 is 2.21 bits per heavy atom. The summed E-state index contributed by atoms with van der Waals surface area (Å²) in [5.74, 6) is 0.325. The molecule has 0 bridgehead atoms. The number of nitrogens with zero attached hydrogens (tertiary/aromatic N) is 1. The van der Waals surface area contributed by atoms with Crippen molar-refractivity contribution in [3.63, 3.8) is 0 Å². The van der Waals surface area contributed by atoms with Gasteiger partial charge in [-0.15, -0.1) is 0 Å². The first-order valence-electron chi connectivity index (χ1n) is 6.28. The fourth-order valence-electron chi connectivity index (χ4n) is 2.42. The van der Waals surface area contributed by atoms with Gasteiger partial charge >= 0.3 is 12.1 Å². The van der Waals surface area contributed by atoms with E-state index in [1.807, 2.05) is 6.92 Å². The first kappa shape index (κ1) is 13.5. The summed E-state index contributed by atoms with van der Waals surface area (Å²) < 4.78 is 10.5. The van der Waals surface area contributed by atoms with Gasteiger partial charge < -0.3 is 14.3 Å². The molecular formula is C13H17NO5. The molecule has 0 unspecified atom stereocenters. The zero-order valence-corrected chi connectivity index (χ0v) is 11.0. The minimum Gasteiger partial charge on any atom is -0.480 e. The van der Waals surface area contributed by atoms with Crippen LogP contribution in [-0.2, 0) is 9.53 Å². The van der Waals surface area contributed by atoms with Gasteiger partial charge in [-0.1, -0.05) is 0 Å². The van der Waals surface area contributed by atoms with Crippen LogP contribution in [0.15, 0.2) is 16.5 Å². The zero-order chi connectivity index (χ0) is 14.0. The minimum atomic E-state index is -1.01. The first-order valence-corrected chi connectivity index (χ1v) is 6.28. The van der Waals surface area contributed by atoms with Crippen LogP contribution in [0.1, 0.15) is 37.3 Å². The molecule has 0 spiro atoms. The summed E-state index contributed by atoms with van der Waals surface area (Å²) in [5, 5.41) is 9.19. The van der Waals surface area contributed by atoms with Gasteiger partial charge in [-0.2, -0.15) is 0 Å². The predicted molar refractivity (Wildman–Crippen MR) is 65.7 cm³/mol. The number of ether oxygens (including phenoxy) is 1. The van der Waals surface area contributed by atoms with E-state index in [1.165, 1.54) is 4.90 Å². The molecule has 2 atom stereocenters. The SMILES string of the molecule is CCOC(=O)N1[C@@H](C(=O)O)CC[C@H]1c1ccc(C)o1. The average Bonchev–Trinajstić information content (AvgIpc) is 2.94. The highest BCUT2D eigenvalue weighted by molar-refractivity contribution is 5.81. The highest BCUT2D eigenvalue weighted by Gasteiger charge is 2.43. The Kier molecular flexibility index (Phi) is 3.78. The molecule has 0 aliphatic carbocycles. The molecule has 1 aliphatic heterocycles. The fraction of sp³-hybridized carbons (Fsp3) is 0.538. The van der Waals surface area contributed by atoms with Crippen LogP contribution < -0.4 is 0 Å². The van der Waals surface area contributed by atoms with Crippen molar-refractivity contribution in [2.75, 3.05) is 6.61 Å². The molecule has 2 heterocycles. The topological polar surface area (TPSA) is 80.0 Å². The third kappa shape index (κ3) is 2.57. The molecule has 6 heteroatoms. The monoisotopic (exact) mass is 267 g/mol. The van der Waals surface area contributed by atoms with Gasteiger partial charge in [0.25, 0.3) is 0 Å². The van der Waals surface area contributed by atoms with Crippen LogP contribution in [0.4, 0.5) is 4.79 Å². The van der Waals surface area contributed by atoms with E-state index in [9.17, 15) is 14.7 Å². The molecule has 2 rings (SSSR count). The van der Waals surface area contributed by atoms with E-state index < -0.39 is 18.1 Å². The summed E-state index contributed by atoms with van der Waals surface area (Å²) in [4.78, 5) is 24.4. The number of amides is 1. The number of carboxylic acids is 1. The third-order valence-electron chi connectivity index (χ3n) is 3.24. The van der Waals surface area contributed by atoms with Crippen molar-refractivity contribution in [2.24, 2.45) is 0 Å². The molecule has 0 saturated carbocycles. The Morgan fingerprint density at radius 1 is 1.47 bits per heavy atom. The Labute approximate surface area is 110 Å². The number of carbonyl (C=O) groups excluding carboxylic acids is 1. The second-order valence-corrected chi connectivity index (χ2v) is 4.50. The molecule has 1 aromatic rings. The van der Waals surface area contributed by atoms with Gasteiger partial charge in [0.2, 0.25) is 0 Å². The third-order valence-corrected chi connectivity index (χ3v) is 3.24. The largest absolute Gasteiger partial charge is 0.480 e. The van der Waals surface area contributed by atoms with E-state index in [4.69, 9.17) is 9.15 Å². The molecule has 1 N–H and O–H groups in total. The standard InChI is InChI=1S/C13H17NO5/c1-3-18-13(17)14-9(5-6-10(14)12(15)16)11-7-4-8(2)19-11/h4,7,9-10H,3,5-6H2,1-2H3,(H,15,16)/t9-,10+/m0/s1. The molecule has 1 fully saturated rings. The maximum absolute atomic E-state index is 11.9. The molecule has 104 valence electrons. The van der Waals surface area contributed by atoms with Crippen molar-refractivity contribution in [1.82, 2.24) is 4.90 Å². The van der Waals surface area contributed by atoms with Crippen LogP contribution in [0.25, 0.3) is 0 Å². The molecule has 1 amide bonds. The Hall–Kier alpha value is -1.98. The van der Waals surface area contributed by atoms with Gasteiger partial charge in [0.1, 0.15) is 17.6 Å². The van der Waals surface area contributed by atoms with Crippen molar-refractivity contribution in [2.45, 2.75) is 38.8 Å². The lowest BCUT2D eigenvalue weighted by Crippen LogP contribution is -2.42. The first-order chi connectivity index (χ1) is 9.04. The highest BCUT2D eigenvalue weighted by Crippen LogP contribution is 2.37. The van der Waals surface area contributed by atoms with E-state index in [0.717, 1.165) is 5.76 Å². The van der Waals surface area contributed by atoms with E-state index >= 15 is 0 Å². The summed E-state index contributed by atoms with van der Waals surface area (Å²) in [6, 6.07) is 2.35. The molecule has 1 aliphatic rings. The quantitative estimate of drug-likeness (QED) is 0.909. The van der Waals surface area contributed by atoms with E-state index in [1.54, 1.807) is 19.1 Å². The van der Waals surface area contributed by atoms with Crippen molar-refractivity contribution in [3.05, 3.63) is 23.7 Å². The van der Waals surface area contributed by atoms with Crippen LogP contribution >= 0.6 is 0 Å². The molecular weight excluding hydrogens is 250 g/mol. The van der Waals surface area contributed by atoms with E-state index in [-0.39, 0.29) is 12.6 Å². The number of likely N-dealkylation sites (tertiary alicyclic amines) is 1. The number of hydrogen-bond acceptors (Lipinski definition) is 4. The minimum absolute atomic E-state index is 0.214. The molecule has 0 aromatic carbocycles. The lowest BCUT2D eigenvalue weighted by atomic mass is 10.1. The summed E-state index contributed by atoms with van der Waals surface area (Å²) >= 11 is 0. The number of aliphatic carboxylic acids is 1. The van der Waals surface area contributed by atoms with Gasteiger partial charge in [-0.05, 0) is 38.8 Å². The Bertz CT molecular complexity index is 481.